The molecule has 35 heavy (non-hydrogen) atoms. The van der Waals surface area contributed by atoms with Gasteiger partial charge in [0.25, 0.3) is 0 Å². The summed E-state index contributed by atoms with van der Waals surface area (Å²) in [5.74, 6) is 2.48. The zero-order chi connectivity index (χ0) is 25.3. The molecule has 2 heterocycles. The summed E-state index contributed by atoms with van der Waals surface area (Å²) < 4.78 is 12.4. The third-order valence-electron chi connectivity index (χ3n) is 4.81. The molecule has 9 nitrogen and oxygen atoms in total. The minimum Gasteiger partial charge on any atom is -0.494 e. The van der Waals surface area contributed by atoms with Crippen molar-refractivity contribution < 1.29 is 24.0 Å². The number of amides is 2. The average Bonchev–Trinajstić information content (AvgIpc) is 3.47. The number of aryl methyl sites for hydroxylation is 1. The van der Waals surface area contributed by atoms with Crippen LogP contribution in [0.4, 0.5) is 5.13 Å². The Bertz CT molecular complexity index is 1110. The molecule has 2 aromatic heterocycles. The summed E-state index contributed by atoms with van der Waals surface area (Å²) in [5.41, 5.74) is 2.38. The van der Waals surface area contributed by atoms with E-state index in [1.165, 1.54) is 11.3 Å². The normalized spacial score (nSPS) is 11.3. The van der Waals surface area contributed by atoms with Gasteiger partial charge in [0.15, 0.2) is 11.0 Å². The first-order valence-electron chi connectivity index (χ1n) is 11.2. The van der Waals surface area contributed by atoms with Gasteiger partial charge in [-0.1, -0.05) is 44.2 Å². The summed E-state index contributed by atoms with van der Waals surface area (Å²) in [7, 11) is 0. The number of rotatable bonds is 12. The number of hydrogen-bond acceptors (Lipinski definition) is 9. The van der Waals surface area contributed by atoms with E-state index in [0.29, 0.717) is 23.9 Å². The van der Waals surface area contributed by atoms with Crippen LogP contribution in [0.2, 0.25) is 0 Å². The standard InChI is InChI=1S/C24H30N4O5S2/c1-24(2,3)18-14-25-21(33-18)10-12-34-22-15-26-23(35-22)27-20(30)13-16-6-8-17(9-7-16)32-11-4-5-19(29)28-31/h6-9,14-15,31H,4-5,10-13H2,1-3H3,(H,28,29)(H,26,27,30). The molecule has 0 saturated carbocycles. The Balaban J connectivity index is 1.38. The molecular weight excluding hydrogens is 488 g/mol. The van der Waals surface area contributed by atoms with Gasteiger partial charge in [0, 0.05) is 24.0 Å². The second kappa shape index (κ2) is 12.7. The first kappa shape index (κ1) is 26.7. The summed E-state index contributed by atoms with van der Waals surface area (Å²) in [4.78, 5) is 32.0. The van der Waals surface area contributed by atoms with Gasteiger partial charge in [-0.15, -0.1) is 11.8 Å². The van der Waals surface area contributed by atoms with E-state index >= 15 is 0 Å². The Morgan fingerprint density at radius 1 is 1.14 bits per heavy atom. The summed E-state index contributed by atoms with van der Waals surface area (Å²) in [5, 5.41) is 11.9. The third-order valence-corrected chi connectivity index (χ3v) is 6.92. The van der Waals surface area contributed by atoms with Crippen molar-refractivity contribution in [1.29, 1.82) is 0 Å². The highest BCUT2D eigenvalue weighted by Gasteiger charge is 2.19. The lowest BCUT2D eigenvalue weighted by atomic mass is 9.94. The lowest BCUT2D eigenvalue weighted by Crippen LogP contribution is -2.18. The van der Waals surface area contributed by atoms with E-state index in [1.807, 2.05) is 12.1 Å². The molecule has 0 spiro atoms. The molecule has 0 saturated heterocycles. The van der Waals surface area contributed by atoms with Crippen LogP contribution in [0.3, 0.4) is 0 Å². The van der Waals surface area contributed by atoms with E-state index in [-0.39, 0.29) is 24.2 Å². The zero-order valence-corrected chi connectivity index (χ0v) is 21.6. The van der Waals surface area contributed by atoms with Gasteiger partial charge in [-0.25, -0.2) is 15.4 Å². The minimum absolute atomic E-state index is 0.0549. The van der Waals surface area contributed by atoms with E-state index in [2.05, 4.69) is 36.1 Å². The fourth-order valence-corrected chi connectivity index (χ4v) is 4.82. The van der Waals surface area contributed by atoms with Crippen molar-refractivity contribution >= 4 is 40.0 Å². The van der Waals surface area contributed by atoms with Crippen LogP contribution >= 0.6 is 23.1 Å². The van der Waals surface area contributed by atoms with Crippen LogP contribution in [0.15, 0.2) is 45.3 Å². The fraction of sp³-hybridized carbons (Fsp3) is 0.417. The van der Waals surface area contributed by atoms with Crippen LogP contribution in [-0.4, -0.2) is 39.3 Å². The van der Waals surface area contributed by atoms with Crippen molar-refractivity contribution in [3.63, 3.8) is 0 Å². The number of thiazole rings is 1. The Hall–Kier alpha value is -2.89. The predicted molar refractivity (Wildman–Crippen MR) is 135 cm³/mol. The van der Waals surface area contributed by atoms with Gasteiger partial charge in [0.1, 0.15) is 11.5 Å². The Kier molecular flexibility index (Phi) is 9.70. The lowest BCUT2D eigenvalue weighted by molar-refractivity contribution is -0.129. The van der Waals surface area contributed by atoms with E-state index in [9.17, 15) is 9.59 Å². The molecule has 3 N–H and O–H groups in total. The number of oxazole rings is 1. The first-order chi connectivity index (χ1) is 16.7. The zero-order valence-electron chi connectivity index (χ0n) is 20.0. The van der Waals surface area contributed by atoms with Crippen molar-refractivity contribution in [3.8, 4) is 5.75 Å². The van der Waals surface area contributed by atoms with Gasteiger partial charge >= 0.3 is 0 Å². The van der Waals surface area contributed by atoms with Crippen molar-refractivity contribution in [2.24, 2.45) is 0 Å². The number of hydroxylamine groups is 1. The number of nitrogens with one attached hydrogen (secondary N) is 2. The number of thioether (sulfide) groups is 1. The molecule has 3 aromatic rings. The third kappa shape index (κ3) is 9.00. The molecule has 188 valence electrons. The van der Waals surface area contributed by atoms with Crippen LogP contribution in [-0.2, 0) is 27.8 Å². The van der Waals surface area contributed by atoms with Crippen LogP contribution in [0.1, 0.15) is 50.8 Å². The molecule has 0 fully saturated rings. The second-order valence-electron chi connectivity index (χ2n) is 8.81. The molecule has 0 aliphatic rings. The average molecular weight is 519 g/mol. The molecular formula is C24H30N4O5S2. The molecule has 1 aromatic carbocycles. The maximum Gasteiger partial charge on any atom is 0.243 e. The fourth-order valence-electron chi connectivity index (χ4n) is 2.93. The largest absolute Gasteiger partial charge is 0.494 e. The molecule has 2 amide bonds. The monoisotopic (exact) mass is 518 g/mol. The topological polar surface area (TPSA) is 127 Å². The van der Waals surface area contributed by atoms with Crippen molar-refractivity contribution in [1.82, 2.24) is 15.4 Å². The van der Waals surface area contributed by atoms with Gasteiger partial charge in [0.2, 0.25) is 11.8 Å². The number of carbonyl (C=O) groups is 2. The predicted octanol–water partition coefficient (Wildman–Crippen LogP) is 4.61. The highest BCUT2D eigenvalue weighted by atomic mass is 32.2. The van der Waals surface area contributed by atoms with Crippen LogP contribution in [0.5, 0.6) is 5.75 Å². The summed E-state index contributed by atoms with van der Waals surface area (Å²) >= 11 is 3.09. The summed E-state index contributed by atoms with van der Waals surface area (Å²) in [6, 6.07) is 7.22. The Morgan fingerprint density at radius 2 is 1.91 bits per heavy atom. The minimum atomic E-state index is -0.443. The maximum atomic E-state index is 12.4. The van der Waals surface area contributed by atoms with Crippen molar-refractivity contribution in [2.45, 2.75) is 56.1 Å². The number of hydrogen-bond donors (Lipinski definition) is 3. The Labute approximate surface area is 212 Å². The Morgan fingerprint density at radius 3 is 2.60 bits per heavy atom. The number of anilines is 1. The molecule has 0 radical (unpaired) electrons. The SMILES string of the molecule is CC(C)(C)c1cnc(CCSc2cnc(NC(=O)Cc3ccc(OCCCC(=O)NO)cc3)s2)o1. The number of ether oxygens (including phenoxy) is 1. The van der Waals surface area contributed by atoms with Gasteiger partial charge < -0.3 is 14.5 Å². The van der Waals surface area contributed by atoms with E-state index in [4.69, 9.17) is 14.4 Å². The number of benzene rings is 1. The molecule has 0 atom stereocenters. The number of nitrogens with zero attached hydrogens (tertiary/aromatic N) is 2. The quantitative estimate of drug-likeness (QED) is 0.137. The molecule has 0 unspecified atom stereocenters. The van der Waals surface area contributed by atoms with Crippen LogP contribution in [0, 0.1) is 0 Å². The number of aromatic nitrogens is 2. The molecule has 0 aliphatic heterocycles. The maximum absolute atomic E-state index is 12.4. The smallest absolute Gasteiger partial charge is 0.243 e. The van der Waals surface area contributed by atoms with Crippen LogP contribution < -0.4 is 15.5 Å². The lowest BCUT2D eigenvalue weighted by Gasteiger charge is -2.13. The summed E-state index contributed by atoms with van der Waals surface area (Å²) in [6.45, 7) is 6.63. The summed E-state index contributed by atoms with van der Waals surface area (Å²) in [6.07, 6.45) is 5.17. The highest BCUT2D eigenvalue weighted by molar-refractivity contribution is 8.01. The second-order valence-corrected chi connectivity index (χ2v) is 11.2. The van der Waals surface area contributed by atoms with Gasteiger partial charge in [-0.2, -0.15) is 0 Å². The van der Waals surface area contributed by atoms with Crippen molar-refractivity contribution in [3.05, 3.63) is 53.9 Å². The highest BCUT2D eigenvalue weighted by Crippen LogP contribution is 2.29. The van der Waals surface area contributed by atoms with Crippen LogP contribution in [0.25, 0.3) is 0 Å². The van der Waals surface area contributed by atoms with Gasteiger partial charge in [-0.05, 0) is 24.1 Å². The van der Waals surface area contributed by atoms with E-state index in [0.717, 1.165) is 33.6 Å². The molecule has 0 bridgehead atoms. The number of carbonyl (C=O) groups excluding carboxylic acids is 2. The van der Waals surface area contributed by atoms with Crippen molar-refractivity contribution in [2.75, 3.05) is 17.7 Å². The first-order valence-corrected chi connectivity index (χ1v) is 13.0. The molecule has 3 rings (SSSR count). The molecule has 0 aliphatic carbocycles. The molecule has 11 heteroatoms. The van der Waals surface area contributed by atoms with Gasteiger partial charge in [-0.3, -0.25) is 14.8 Å². The van der Waals surface area contributed by atoms with Gasteiger partial charge in [0.05, 0.1) is 29.6 Å². The van der Waals surface area contributed by atoms with E-state index in [1.54, 1.807) is 41.8 Å². The van der Waals surface area contributed by atoms with E-state index < -0.39 is 5.91 Å².